The van der Waals surface area contributed by atoms with Crippen LogP contribution in [-0.2, 0) is 14.8 Å². The molecule has 0 aliphatic heterocycles. The van der Waals surface area contributed by atoms with Crippen LogP contribution in [0.3, 0.4) is 0 Å². The zero-order valence-corrected chi connectivity index (χ0v) is 14.0. The number of aromatic nitrogens is 1. The Hall–Kier alpha value is -3.13. The van der Waals surface area contributed by atoms with E-state index in [0.717, 1.165) is 11.1 Å². The fourth-order valence-electron chi connectivity index (χ4n) is 2.23. The Balaban J connectivity index is 1.86. The first-order valence-corrected chi connectivity index (χ1v) is 8.70. The summed E-state index contributed by atoms with van der Waals surface area (Å²) >= 11 is 0. The molecule has 0 aliphatic rings. The first-order valence-electron chi connectivity index (χ1n) is 7.21. The van der Waals surface area contributed by atoms with Gasteiger partial charge in [0.25, 0.3) is 10.0 Å². The molecule has 0 spiro atoms. The number of nitrogens with one attached hydrogen (secondary N) is 1. The van der Waals surface area contributed by atoms with Crippen molar-refractivity contribution >= 4 is 21.8 Å². The van der Waals surface area contributed by atoms with E-state index in [0.29, 0.717) is 5.56 Å². The van der Waals surface area contributed by atoms with E-state index in [4.69, 9.17) is 4.74 Å². The second-order valence-electron chi connectivity index (χ2n) is 5.09. The molecule has 2 aromatic carbocycles. The second-order valence-corrected chi connectivity index (χ2v) is 6.77. The number of anilines is 1. The first-order chi connectivity index (χ1) is 12.0. The standard InChI is InChI=1S/C17H14N2O5S/c1-23-17(20)14-4-2-3-13(11-14)12-5-7-15(8-6-12)25(21,22)19-16-9-10-24-18-16/h2-11H,1H3,(H,18,19). The molecule has 8 heteroatoms. The van der Waals surface area contributed by atoms with Gasteiger partial charge in [0.15, 0.2) is 5.82 Å². The van der Waals surface area contributed by atoms with Gasteiger partial charge in [-0.15, -0.1) is 0 Å². The van der Waals surface area contributed by atoms with Gasteiger partial charge in [-0.3, -0.25) is 4.72 Å². The van der Waals surface area contributed by atoms with E-state index in [-0.39, 0.29) is 10.7 Å². The molecular weight excluding hydrogens is 344 g/mol. The number of benzene rings is 2. The fourth-order valence-corrected chi connectivity index (χ4v) is 3.22. The molecule has 0 bridgehead atoms. The normalized spacial score (nSPS) is 11.1. The zero-order chi connectivity index (χ0) is 17.9. The average Bonchev–Trinajstić information content (AvgIpc) is 3.13. The molecule has 0 saturated carbocycles. The van der Waals surface area contributed by atoms with E-state index in [9.17, 15) is 13.2 Å². The van der Waals surface area contributed by atoms with Crippen molar-refractivity contribution in [3.8, 4) is 11.1 Å². The fraction of sp³-hybridized carbons (Fsp3) is 0.0588. The SMILES string of the molecule is COC(=O)c1cccc(-c2ccc(S(=O)(=O)Nc3ccon3)cc2)c1. The topological polar surface area (TPSA) is 98.5 Å². The van der Waals surface area contributed by atoms with E-state index in [1.807, 2.05) is 6.07 Å². The van der Waals surface area contributed by atoms with Crippen LogP contribution in [0.15, 0.2) is 70.3 Å². The third-order valence-electron chi connectivity index (χ3n) is 3.46. The molecule has 1 aromatic heterocycles. The maximum absolute atomic E-state index is 12.3. The third kappa shape index (κ3) is 3.69. The summed E-state index contributed by atoms with van der Waals surface area (Å²) in [6, 6.07) is 14.6. The molecule has 1 heterocycles. The number of hydrogen-bond donors (Lipinski definition) is 1. The molecule has 3 rings (SSSR count). The van der Waals surface area contributed by atoms with Crippen molar-refractivity contribution in [2.75, 3.05) is 11.8 Å². The maximum Gasteiger partial charge on any atom is 0.337 e. The minimum atomic E-state index is -3.75. The van der Waals surface area contributed by atoms with Gasteiger partial charge in [-0.2, -0.15) is 0 Å². The first kappa shape index (κ1) is 16.7. The minimum absolute atomic E-state index is 0.0865. The van der Waals surface area contributed by atoms with Gasteiger partial charge in [0.05, 0.1) is 17.6 Å². The lowest BCUT2D eigenvalue weighted by Gasteiger charge is -2.07. The highest BCUT2D eigenvalue weighted by Gasteiger charge is 2.16. The van der Waals surface area contributed by atoms with Crippen molar-refractivity contribution in [1.82, 2.24) is 5.16 Å². The van der Waals surface area contributed by atoms with Crippen LogP contribution in [0.1, 0.15) is 10.4 Å². The van der Waals surface area contributed by atoms with Crippen molar-refractivity contribution in [1.29, 1.82) is 0 Å². The number of rotatable bonds is 5. The summed E-state index contributed by atoms with van der Waals surface area (Å²) in [4.78, 5) is 11.7. The molecule has 1 N–H and O–H groups in total. The van der Waals surface area contributed by atoms with Gasteiger partial charge in [0.1, 0.15) is 6.26 Å². The Kier molecular flexibility index (Phi) is 4.53. The highest BCUT2D eigenvalue weighted by Crippen LogP contribution is 2.23. The number of carbonyl (C=O) groups is 1. The van der Waals surface area contributed by atoms with Crippen molar-refractivity contribution < 1.29 is 22.5 Å². The van der Waals surface area contributed by atoms with E-state index >= 15 is 0 Å². The highest BCUT2D eigenvalue weighted by atomic mass is 32.2. The van der Waals surface area contributed by atoms with Crippen molar-refractivity contribution in [3.05, 3.63) is 66.4 Å². The minimum Gasteiger partial charge on any atom is -0.465 e. The number of sulfonamides is 1. The molecule has 7 nitrogen and oxygen atoms in total. The van der Waals surface area contributed by atoms with Crippen molar-refractivity contribution in [3.63, 3.8) is 0 Å². The Labute approximate surface area is 144 Å². The van der Waals surface area contributed by atoms with Crippen LogP contribution in [0.4, 0.5) is 5.82 Å². The van der Waals surface area contributed by atoms with Crippen LogP contribution in [0.25, 0.3) is 11.1 Å². The lowest BCUT2D eigenvalue weighted by Crippen LogP contribution is -2.12. The maximum atomic E-state index is 12.3. The van der Waals surface area contributed by atoms with Crippen LogP contribution in [-0.4, -0.2) is 26.7 Å². The number of ether oxygens (including phenoxy) is 1. The molecule has 0 radical (unpaired) electrons. The van der Waals surface area contributed by atoms with Gasteiger partial charge in [-0.05, 0) is 35.4 Å². The summed E-state index contributed by atoms with van der Waals surface area (Å²) in [6.45, 7) is 0. The predicted octanol–water partition coefficient (Wildman–Crippen LogP) is 2.93. The molecule has 0 amide bonds. The summed E-state index contributed by atoms with van der Waals surface area (Å²) in [5, 5.41) is 3.52. The Bertz CT molecular complexity index is 980. The largest absolute Gasteiger partial charge is 0.465 e. The Morgan fingerprint density at radius 1 is 1.08 bits per heavy atom. The molecule has 128 valence electrons. The molecule has 25 heavy (non-hydrogen) atoms. The number of hydrogen-bond acceptors (Lipinski definition) is 6. The van der Waals surface area contributed by atoms with Gasteiger partial charge in [0, 0.05) is 6.07 Å². The van der Waals surface area contributed by atoms with E-state index in [2.05, 4.69) is 14.4 Å². The molecule has 3 aromatic rings. The number of methoxy groups -OCH3 is 1. The van der Waals surface area contributed by atoms with E-state index < -0.39 is 16.0 Å². The summed E-state index contributed by atoms with van der Waals surface area (Å²) in [5.74, 6) is -0.326. The molecule has 0 saturated heterocycles. The van der Waals surface area contributed by atoms with Crippen molar-refractivity contribution in [2.45, 2.75) is 4.90 Å². The molecule has 0 fully saturated rings. The van der Waals surface area contributed by atoms with E-state index in [1.54, 1.807) is 30.3 Å². The van der Waals surface area contributed by atoms with Gasteiger partial charge >= 0.3 is 5.97 Å². The second kappa shape index (κ2) is 6.78. The molecule has 0 atom stereocenters. The van der Waals surface area contributed by atoms with Crippen molar-refractivity contribution in [2.24, 2.45) is 0 Å². The number of nitrogens with zero attached hydrogens (tertiary/aromatic N) is 1. The molecular formula is C17H14N2O5S. The Morgan fingerprint density at radius 2 is 1.84 bits per heavy atom. The zero-order valence-electron chi connectivity index (χ0n) is 13.2. The smallest absolute Gasteiger partial charge is 0.337 e. The molecule has 0 unspecified atom stereocenters. The van der Waals surface area contributed by atoms with Crippen LogP contribution >= 0.6 is 0 Å². The van der Waals surface area contributed by atoms with Gasteiger partial charge < -0.3 is 9.26 Å². The highest BCUT2D eigenvalue weighted by molar-refractivity contribution is 7.92. The summed E-state index contributed by atoms with van der Waals surface area (Å²) < 4.78 is 36.2. The number of carbonyl (C=O) groups excluding carboxylic acids is 1. The average molecular weight is 358 g/mol. The Morgan fingerprint density at radius 3 is 2.48 bits per heavy atom. The van der Waals surface area contributed by atoms with Gasteiger partial charge in [0.2, 0.25) is 0 Å². The van der Waals surface area contributed by atoms with Crippen LogP contribution in [0, 0.1) is 0 Å². The summed E-state index contributed by atoms with van der Waals surface area (Å²) in [6.07, 6.45) is 1.27. The van der Waals surface area contributed by atoms with Gasteiger partial charge in [-0.1, -0.05) is 29.4 Å². The summed E-state index contributed by atoms with van der Waals surface area (Å²) in [7, 11) is -2.44. The van der Waals surface area contributed by atoms with Crippen LogP contribution < -0.4 is 4.72 Å². The number of esters is 1. The van der Waals surface area contributed by atoms with Crippen LogP contribution in [0.5, 0.6) is 0 Å². The molecule has 0 aliphatic carbocycles. The van der Waals surface area contributed by atoms with E-state index in [1.165, 1.54) is 31.6 Å². The van der Waals surface area contributed by atoms with Crippen LogP contribution in [0.2, 0.25) is 0 Å². The van der Waals surface area contributed by atoms with Gasteiger partial charge in [-0.25, -0.2) is 13.2 Å². The predicted molar refractivity (Wildman–Crippen MR) is 90.5 cm³/mol. The lowest BCUT2D eigenvalue weighted by molar-refractivity contribution is 0.0601. The summed E-state index contributed by atoms with van der Waals surface area (Å²) in [5.41, 5.74) is 1.96. The third-order valence-corrected chi connectivity index (χ3v) is 4.83. The lowest BCUT2D eigenvalue weighted by atomic mass is 10.0. The monoisotopic (exact) mass is 358 g/mol. The quantitative estimate of drug-likeness (QED) is 0.704.